The smallest absolute Gasteiger partial charge is 0.175 e. The highest BCUT2D eigenvalue weighted by Crippen LogP contribution is 2.18. The zero-order valence-electron chi connectivity index (χ0n) is 6.74. The minimum absolute atomic E-state index is 0.702. The average Bonchev–Trinajstić information content (AvgIpc) is 2.54. The molecule has 0 bridgehead atoms. The monoisotopic (exact) mass is 158 g/mol. The van der Waals surface area contributed by atoms with Crippen molar-refractivity contribution in [1.29, 1.82) is 0 Å². The topological polar surface area (TPSA) is 26.0 Å². The van der Waals surface area contributed by atoms with Crippen LogP contribution in [0.2, 0.25) is 0 Å². The van der Waals surface area contributed by atoms with Crippen molar-refractivity contribution in [3.05, 3.63) is 42.1 Å². The molecule has 0 saturated heterocycles. The van der Waals surface area contributed by atoms with Crippen LogP contribution in [0.3, 0.4) is 0 Å². The lowest BCUT2D eigenvalue weighted by Gasteiger charge is -1.90. The van der Waals surface area contributed by atoms with Gasteiger partial charge >= 0.3 is 0 Å². The van der Waals surface area contributed by atoms with E-state index in [1.54, 1.807) is 0 Å². The molecule has 0 aliphatic carbocycles. The lowest BCUT2D eigenvalue weighted by molar-refractivity contribution is 0.427. The molecule has 0 saturated carbocycles. The van der Waals surface area contributed by atoms with Crippen LogP contribution in [0.4, 0.5) is 0 Å². The van der Waals surface area contributed by atoms with Crippen LogP contribution in [-0.4, -0.2) is 5.16 Å². The van der Waals surface area contributed by atoms with Crippen molar-refractivity contribution >= 4 is 0 Å². The Labute approximate surface area is 70.8 Å². The van der Waals surface area contributed by atoms with Gasteiger partial charge in [0.25, 0.3) is 0 Å². The largest absolute Gasteiger partial charge is 0.355 e. The van der Waals surface area contributed by atoms with E-state index < -0.39 is 0 Å². The van der Waals surface area contributed by atoms with E-state index in [0.717, 1.165) is 11.3 Å². The van der Waals surface area contributed by atoms with E-state index in [9.17, 15) is 0 Å². The Morgan fingerprint density at radius 3 is 2.58 bits per heavy atom. The Morgan fingerprint density at radius 1 is 1.25 bits per heavy atom. The molecule has 2 rings (SSSR count). The Balaban J connectivity index is 2.45. The molecule has 1 radical (unpaired) electrons. The Kier molecular flexibility index (Phi) is 1.67. The molecule has 0 unspecified atom stereocenters. The highest BCUT2D eigenvalue weighted by molar-refractivity contribution is 5.55. The molecule has 0 atom stereocenters. The van der Waals surface area contributed by atoms with Gasteiger partial charge in [-0.05, 0) is 6.92 Å². The van der Waals surface area contributed by atoms with Gasteiger partial charge in [0.05, 0.1) is 11.8 Å². The first kappa shape index (κ1) is 7.10. The molecule has 59 valence electrons. The summed E-state index contributed by atoms with van der Waals surface area (Å²) in [4.78, 5) is 0. The van der Waals surface area contributed by atoms with Gasteiger partial charge in [0.15, 0.2) is 5.76 Å². The summed E-state index contributed by atoms with van der Waals surface area (Å²) in [6, 6.07) is 12.8. The number of hydrogen-bond donors (Lipinski definition) is 0. The van der Waals surface area contributed by atoms with E-state index in [-0.39, 0.29) is 0 Å². The van der Waals surface area contributed by atoms with Gasteiger partial charge in [0.2, 0.25) is 0 Å². The predicted octanol–water partition coefficient (Wildman–Crippen LogP) is 2.45. The maximum Gasteiger partial charge on any atom is 0.175 e. The van der Waals surface area contributed by atoms with Crippen LogP contribution in [0.25, 0.3) is 11.3 Å². The lowest BCUT2D eigenvalue weighted by Crippen LogP contribution is -1.70. The summed E-state index contributed by atoms with van der Waals surface area (Å²) >= 11 is 0. The molecular weight excluding hydrogens is 150 g/mol. The molecule has 12 heavy (non-hydrogen) atoms. The third kappa shape index (κ3) is 1.23. The van der Waals surface area contributed by atoms with Crippen molar-refractivity contribution in [2.45, 2.75) is 6.92 Å². The normalized spacial score (nSPS) is 10.1. The summed E-state index contributed by atoms with van der Waals surface area (Å²) in [7, 11) is 0. The predicted molar refractivity (Wildman–Crippen MR) is 45.5 cm³/mol. The lowest BCUT2D eigenvalue weighted by atomic mass is 10.2. The highest BCUT2D eigenvalue weighted by Gasteiger charge is 2.02. The molecule has 1 heterocycles. The van der Waals surface area contributed by atoms with E-state index in [0.29, 0.717) is 5.76 Å². The number of hydrogen-bond acceptors (Lipinski definition) is 2. The van der Waals surface area contributed by atoms with Gasteiger partial charge in [-0.25, -0.2) is 0 Å². The number of aromatic nitrogens is 1. The molecule has 0 amide bonds. The van der Waals surface area contributed by atoms with E-state index in [2.05, 4.69) is 11.2 Å². The summed E-state index contributed by atoms with van der Waals surface area (Å²) in [6.07, 6.45) is 0. The van der Waals surface area contributed by atoms with E-state index >= 15 is 0 Å². The number of nitrogens with zero attached hydrogens (tertiary/aromatic N) is 1. The number of benzene rings is 1. The van der Waals surface area contributed by atoms with Gasteiger partial charge in [-0.2, -0.15) is 0 Å². The summed E-state index contributed by atoms with van der Waals surface area (Å²) < 4.78 is 5.04. The minimum Gasteiger partial charge on any atom is -0.355 e. The second kappa shape index (κ2) is 2.81. The molecule has 1 aromatic heterocycles. The van der Waals surface area contributed by atoms with Crippen LogP contribution < -0.4 is 0 Å². The number of rotatable bonds is 1. The highest BCUT2D eigenvalue weighted by atomic mass is 16.5. The Bertz CT molecular complexity index is 364. The molecule has 2 heteroatoms. The van der Waals surface area contributed by atoms with Gasteiger partial charge in [0.1, 0.15) is 0 Å². The molecule has 0 spiro atoms. The molecule has 1 aromatic carbocycles. The van der Waals surface area contributed by atoms with Crippen LogP contribution in [-0.2, 0) is 0 Å². The minimum atomic E-state index is 0.702. The zero-order chi connectivity index (χ0) is 8.39. The summed E-state index contributed by atoms with van der Waals surface area (Å²) in [5.41, 5.74) is 1.80. The second-order valence-corrected chi connectivity index (χ2v) is 2.59. The first-order chi connectivity index (χ1) is 5.86. The molecular formula is C10H8NO. The Morgan fingerprint density at radius 2 is 2.00 bits per heavy atom. The van der Waals surface area contributed by atoms with Crippen molar-refractivity contribution in [3.8, 4) is 11.3 Å². The maximum atomic E-state index is 5.04. The van der Waals surface area contributed by atoms with Crippen molar-refractivity contribution in [2.75, 3.05) is 0 Å². The van der Waals surface area contributed by atoms with Gasteiger partial charge in [-0.1, -0.05) is 35.5 Å². The fraction of sp³-hybridized carbons (Fsp3) is 0.100. The van der Waals surface area contributed by atoms with Crippen LogP contribution >= 0.6 is 0 Å². The molecule has 2 nitrogen and oxygen atoms in total. The maximum absolute atomic E-state index is 5.04. The number of aryl methyl sites for hydroxylation is 1. The summed E-state index contributed by atoms with van der Waals surface area (Å²) in [5.74, 6) is 0.702. The zero-order valence-corrected chi connectivity index (χ0v) is 6.74. The third-order valence-corrected chi connectivity index (χ3v) is 1.60. The van der Waals surface area contributed by atoms with Gasteiger partial charge in [-0.15, -0.1) is 0 Å². The molecule has 0 N–H and O–H groups in total. The van der Waals surface area contributed by atoms with E-state index in [4.69, 9.17) is 4.52 Å². The Hall–Kier alpha value is -1.57. The first-order valence-corrected chi connectivity index (χ1v) is 3.77. The molecule has 0 aliphatic heterocycles. The van der Waals surface area contributed by atoms with Crippen LogP contribution in [0.15, 0.2) is 34.9 Å². The van der Waals surface area contributed by atoms with Gasteiger partial charge in [0, 0.05) is 5.56 Å². The fourth-order valence-electron chi connectivity index (χ4n) is 1.04. The average molecular weight is 158 g/mol. The van der Waals surface area contributed by atoms with Gasteiger partial charge < -0.3 is 4.52 Å². The van der Waals surface area contributed by atoms with Crippen LogP contribution in [0.5, 0.6) is 0 Å². The summed E-state index contributed by atoms with van der Waals surface area (Å²) in [5, 5.41) is 3.76. The SMILES string of the molecule is Cc1[c]c(-c2ccccc2)on1. The molecule has 0 fully saturated rings. The second-order valence-electron chi connectivity index (χ2n) is 2.59. The first-order valence-electron chi connectivity index (χ1n) is 3.77. The standard InChI is InChI=1S/C10H8NO/c1-8-7-10(12-11-8)9-5-3-2-4-6-9/h2-6H,1H3. The van der Waals surface area contributed by atoms with Crippen molar-refractivity contribution in [2.24, 2.45) is 0 Å². The fourth-order valence-corrected chi connectivity index (χ4v) is 1.04. The third-order valence-electron chi connectivity index (χ3n) is 1.60. The van der Waals surface area contributed by atoms with E-state index in [1.807, 2.05) is 37.3 Å². The van der Waals surface area contributed by atoms with Crippen LogP contribution in [0, 0.1) is 13.0 Å². The van der Waals surface area contributed by atoms with Crippen molar-refractivity contribution < 1.29 is 4.52 Å². The van der Waals surface area contributed by atoms with E-state index in [1.165, 1.54) is 0 Å². The van der Waals surface area contributed by atoms with Crippen molar-refractivity contribution in [3.63, 3.8) is 0 Å². The summed E-state index contributed by atoms with van der Waals surface area (Å²) in [6.45, 7) is 1.86. The van der Waals surface area contributed by atoms with Crippen LogP contribution in [0.1, 0.15) is 5.69 Å². The van der Waals surface area contributed by atoms with Gasteiger partial charge in [-0.3, -0.25) is 0 Å². The van der Waals surface area contributed by atoms with Crippen molar-refractivity contribution in [1.82, 2.24) is 5.16 Å². The quantitative estimate of drug-likeness (QED) is 0.637. The molecule has 0 aliphatic rings. The molecule has 2 aromatic rings.